The molecule has 4 nitrogen and oxygen atoms in total. The van der Waals surface area contributed by atoms with Crippen LogP contribution in [0.1, 0.15) is 32.6 Å². The topological polar surface area (TPSA) is 50.4 Å². The summed E-state index contributed by atoms with van der Waals surface area (Å²) in [4.78, 5) is 12.0. The summed E-state index contributed by atoms with van der Waals surface area (Å²) < 4.78 is 5.55. The molecule has 2 N–H and O–H groups in total. The van der Waals surface area contributed by atoms with Gasteiger partial charge in [-0.2, -0.15) is 0 Å². The van der Waals surface area contributed by atoms with Crippen LogP contribution in [-0.4, -0.2) is 38.3 Å². The summed E-state index contributed by atoms with van der Waals surface area (Å²) in [6, 6.07) is 0. The summed E-state index contributed by atoms with van der Waals surface area (Å²) in [6.07, 6.45) is 4.41. The van der Waals surface area contributed by atoms with E-state index in [4.69, 9.17) is 4.74 Å². The third-order valence-electron chi connectivity index (χ3n) is 3.91. The fraction of sp³-hybridized carbons (Fsp3) is 0.923. The number of hydrogen-bond donors (Lipinski definition) is 2. The average molecular weight is 240 g/mol. The minimum Gasteiger partial charge on any atom is -0.377 e. The molecular weight excluding hydrogens is 216 g/mol. The standard InChI is InChI=1S/C13H24N2O2/c1-2-12-11(5-7-17-12)13(16)15-9-10-4-3-6-14-8-10/h10-12,14H,2-9H2,1H3,(H,15,16). The molecule has 98 valence electrons. The Balaban J connectivity index is 1.72. The molecule has 2 rings (SSSR count). The number of carbonyl (C=O) groups excluding carboxylic acids is 1. The molecule has 0 bridgehead atoms. The normalized spacial score (nSPS) is 33.6. The van der Waals surface area contributed by atoms with Crippen LogP contribution in [0.2, 0.25) is 0 Å². The van der Waals surface area contributed by atoms with Crippen molar-refractivity contribution in [2.24, 2.45) is 11.8 Å². The van der Waals surface area contributed by atoms with Gasteiger partial charge in [0.05, 0.1) is 12.0 Å². The summed E-state index contributed by atoms with van der Waals surface area (Å²) >= 11 is 0. The molecule has 2 aliphatic rings. The molecule has 2 fully saturated rings. The first-order valence-electron chi connectivity index (χ1n) is 6.91. The number of ether oxygens (including phenoxy) is 1. The van der Waals surface area contributed by atoms with E-state index in [1.54, 1.807) is 0 Å². The number of carbonyl (C=O) groups is 1. The van der Waals surface area contributed by atoms with Crippen molar-refractivity contribution in [2.45, 2.75) is 38.7 Å². The van der Waals surface area contributed by atoms with Crippen molar-refractivity contribution in [3.05, 3.63) is 0 Å². The molecule has 0 spiro atoms. The predicted molar refractivity (Wildman–Crippen MR) is 66.7 cm³/mol. The predicted octanol–water partition coefficient (Wildman–Crippen LogP) is 0.917. The number of nitrogens with one attached hydrogen (secondary N) is 2. The fourth-order valence-electron chi connectivity index (χ4n) is 2.82. The lowest BCUT2D eigenvalue weighted by molar-refractivity contribution is -0.126. The van der Waals surface area contributed by atoms with Gasteiger partial charge >= 0.3 is 0 Å². The van der Waals surface area contributed by atoms with Crippen molar-refractivity contribution >= 4 is 5.91 Å². The number of amides is 1. The molecule has 17 heavy (non-hydrogen) atoms. The van der Waals surface area contributed by atoms with Crippen molar-refractivity contribution in [1.82, 2.24) is 10.6 Å². The van der Waals surface area contributed by atoms with Crippen molar-refractivity contribution in [2.75, 3.05) is 26.2 Å². The zero-order valence-electron chi connectivity index (χ0n) is 10.7. The summed E-state index contributed by atoms with van der Waals surface area (Å²) in [5.74, 6) is 0.881. The molecule has 0 radical (unpaired) electrons. The molecule has 0 aliphatic carbocycles. The van der Waals surface area contributed by atoms with Gasteiger partial charge in [-0.15, -0.1) is 0 Å². The van der Waals surface area contributed by atoms with E-state index in [9.17, 15) is 4.79 Å². The summed E-state index contributed by atoms with van der Waals surface area (Å²) in [7, 11) is 0. The second-order valence-electron chi connectivity index (χ2n) is 5.17. The van der Waals surface area contributed by atoms with E-state index >= 15 is 0 Å². The first-order valence-corrected chi connectivity index (χ1v) is 6.91. The molecule has 3 unspecified atom stereocenters. The molecule has 3 atom stereocenters. The largest absolute Gasteiger partial charge is 0.377 e. The van der Waals surface area contributed by atoms with Crippen LogP contribution in [0.3, 0.4) is 0 Å². The van der Waals surface area contributed by atoms with Gasteiger partial charge in [0.15, 0.2) is 0 Å². The van der Waals surface area contributed by atoms with Crippen molar-refractivity contribution in [3.8, 4) is 0 Å². The van der Waals surface area contributed by atoms with Crippen LogP contribution >= 0.6 is 0 Å². The second-order valence-corrected chi connectivity index (χ2v) is 5.17. The van der Waals surface area contributed by atoms with Gasteiger partial charge in [-0.1, -0.05) is 6.92 Å². The minimum absolute atomic E-state index is 0.0801. The van der Waals surface area contributed by atoms with E-state index in [-0.39, 0.29) is 17.9 Å². The van der Waals surface area contributed by atoms with Crippen LogP contribution in [0, 0.1) is 11.8 Å². The van der Waals surface area contributed by atoms with Crippen LogP contribution in [0.5, 0.6) is 0 Å². The Bertz CT molecular complexity index is 252. The van der Waals surface area contributed by atoms with Gasteiger partial charge in [-0.05, 0) is 44.7 Å². The number of piperidine rings is 1. The molecule has 0 aromatic heterocycles. The lowest BCUT2D eigenvalue weighted by Gasteiger charge is -2.24. The highest BCUT2D eigenvalue weighted by molar-refractivity contribution is 5.79. The minimum atomic E-state index is 0.0801. The molecule has 2 heterocycles. The third kappa shape index (κ3) is 3.42. The van der Waals surface area contributed by atoms with Crippen LogP contribution < -0.4 is 10.6 Å². The molecule has 2 saturated heterocycles. The molecular formula is C13H24N2O2. The van der Waals surface area contributed by atoms with Gasteiger partial charge in [-0.25, -0.2) is 0 Å². The first kappa shape index (κ1) is 12.8. The average Bonchev–Trinajstić information content (AvgIpc) is 2.85. The van der Waals surface area contributed by atoms with Gasteiger partial charge in [0.25, 0.3) is 0 Å². The van der Waals surface area contributed by atoms with Crippen LogP contribution in [0.15, 0.2) is 0 Å². The van der Waals surface area contributed by atoms with Gasteiger partial charge < -0.3 is 15.4 Å². The lowest BCUT2D eigenvalue weighted by atomic mass is 9.97. The van der Waals surface area contributed by atoms with E-state index in [0.717, 1.165) is 39.1 Å². The Kier molecular flexibility index (Phi) is 4.80. The summed E-state index contributed by atoms with van der Waals surface area (Å²) in [6.45, 7) is 5.80. The van der Waals surface area contributed by atoms with Crippen LogP contribution in [0.4, 0.5) is 0 Å². The van der Waals surface area contributed by atoms with Gasteiger partial charge in [-0.3, -0.25) is 4.79 Å². The molecule has 4 heteroatoms. The van der Waals surface area contributed by atoms with E-state index in [0.29, 0.717) is 5.92 Å². The number of rotatable bonds is 4. The van der Waals surface area contributed by atoms with Crippen molar-refractivity contribution in [1.29, 1.82) is 0 Å². The molecule has 0 aromatic rings. The van der Waals surface area contributed by atoms with Crippen molar-refractivity contribution < 1.29 is 9.53 Å². The van der Waals surface area contributed by atoms with E-state index < -0.39 is 0 Å². The number of hydrogen-bond acceptors (Lipinski definition) is 3. The highest BCUT2D eigenvalue weighted by Crippen LogP contribution is 2.23. The van der Waals surface area contributed by atoms with E-state index in [1.807, 2.05) is 0 Å². The van der Waals surface area contributed by atoms with Gasteiger partial charge in [0.1, 0.15) is 0 Å². The van der Waals surface area contributed by atoms with Crippen LogP contribution in [0.25, 0.3) is 0 Å². The maximum atomic E-state index is 12.0. The highest BCUT2D eigenvalue weighted by Gasteiger charge is 2.32. The van der Waals surface area contributed by atoms with Gasteiger partial charge in [0.2, 0.25) is 5.91 Å². The Labute approximate surface area is 103 Å². The van der Waals surface area contributed by atoms with E-state index in [1.165, 1.54) is 12.8 Å². The molecule has 0 saturated carbocycles. The Morgan fingerprint density at radius 1 is 1.47 bits per heavy atom. The SMILES string of the molecule is CCC1OCCC1C(=O)NCC1CCCNC1. The first-order chi connectivity index (χ1) is 8.31. The van der Waals surface area contributed by atoms with Crippen LogP contribution in [-0.2, 0) is 9.53 Å². The summed E-state index contributed by atoms with van der Waals surface area (Å²) in [5, 5.41) is 6.47. The van der Waals surface area contributed by atoms with E-state index in [2.05, 4.69) is 17.6 Å². The Hall–Kier alpha value is -0.610. The van der Waals surface area contributed by atoms with Crippen molar-refractivity contribution in [3.63, 3.8) is 0 Å². The maximum Gasteiger partial charge on any atom is 0.225 e. The Morgan fingerprint density at radius 3 is 3.06 bits per heavy atom. The molecule has 2 aliphatic heterocycles. The maximum absolute atomic E-state index is 12.0. The highest BCUT2D eigenvalue weighted by atomic mass is 16.5. The zero-order valence-corrected chi connectivity index (χ0v) is 10.7. The zero-order chi connectivity index (χ0) is 12.1. The molecule has 0 aromatic carbocycles. The smallest absolute Gasteiger partial charge is 0.225 e. The fourth-order valence-corrected chi connectivity index (χ4v) is 2.82. The summed E-state index contributed by atoms with van der Waals surface area (Å²) in [5.41, 5.74) is 0. The second kappa shape index (κ2) is 6.36. The molecule has 1 amide bonds. The third-order valence-corrected chi connectivity index (χ3v) is 3.91. The lowest BCUT2D eigenvalue weighted by Crippen LogP contribution is -2.41. The van der Waals surface area contributed by atoms with Gasteiger partial charge in [0, 0.05) is 13.2 Å². The quantitative estimate of drug-likeness (QED) is 0.768. The monoisotopic (exact) mass is 240 g/mol. The Morgan fingerprint density at radius 2 is 2.35 bits per heavy atom.